The first kappa shape index (κ1) is 7.98. The van der Waals surface area contributed by atoms with Gasteiger partial charge in [0, 0.05) is 12.6 Å². The van der Waals surface area contributed by atoms with Gasteiger partial charge in [0.05, 0.1) is 6.20 Å². The van der Waals surface area contributed by atoms with E-state index in [9.17, 15) is 4.79 Å². The molecule has 0 bridgehead atoms. The van der Waals surface area contributed by atoms with Crippen molar-refractivity contribution in [3.63, 3.8) is 0 Å². The van der Waals surface area contributed by atoms with Gasteiger partial charge in [0.25, 0.3) is 0 Å². The number of aromatic nitrogens is 2. The highest BCUT2D eigenvalue weighted by molar-refractivity contribution is 5.94. The first-order valence-corrected chi connectivity index (χ1v) is 4.28. The second-order valence-corrected chi connectivity index (χ2v) is 2.85. The Bertz CT molecular complexity index is 445. The number of rotatable bonds is 2. The van der Waals surface area contributed by atoms with Crippen molar-refractivity contribution in [1.29, 1.82) is 0 Å². The van der Waals surface area contributed by atoms with Gasteiger partial charge < -0.3 is 0 Å². The quantitative estimate of drug-likeness (QED) is 0.652. The van der Waals surface area contributed by atoms with Crippen LogP contribution in [0.2, 0.25) is 0 Å². The fraction of sp³-hybridized carbons (Fsp3) is 0.200. The van der Waals surface area contributed by atoms with Gasteiger partial charge in [0.2, 0.25) is 0 Å². The largest absolute Gasteiger partial charge is 0.297 e. The van der Waals surface area contributed by atoms with Crippen molar-refractivity contribution in [2.45, 2.75) is 13.3 Å². The van der Waals surface area contributed by atoms with Crippen molar-refractivity contribution < 1.29 is 4.79 Å². The average Bonchev–Trinajstić information content (AvgIpc) is 2.60. The molecule has 0 amide bonds. The fourth-order valence-electron chi connectivity index (χ4n) is 1.32. The van der Waals surface area contributed by atoms with Crippen molar-refractivity contribution in [2.75, 3.05) is 0 Å². The molecule has 3 nitrogen and oxygen atoms in total. The zero-order valence-corrected chi connectivity index (χ0v) is 7.40. The van der Waals surface area contributed by atoms with Gasteiger partial charge in [0.1, 0.15) is 11.3 Å². The highest BCUT2D eigenvalue weighted by atomic mass is 16.1. The summed E-state index contributed by atoms with van der Waals surface area (Å²) in [6.07, 6.45) is 4.00. The Morgan fingerprint density at radius 1 is 1.54 bits per heavy atom. The molecule has 0 N–H and O–H groups in total. The third-order valence-corrected chi connectivity index (χ3v) is 2.02. The molecule has 13 heavy (non-hydrogen) atoms. The van der Waals surface area contributed by atoms with Gasteiger partial charge in [-0.15, -0.1) is 0 Å². The lowest BCUT2D eigenvalue weighted by molar-refractivity contribution is 0.0982. The molecule has 0 atom stereocenters. The topological polar surface area (TPSA) is 34.4 Å². The van der Waals surface area contributed by atoms with Crippen molar-refractivity contribution in [2.24, 2.45) is 0 Å². The molecule has 3 heteroatoms. The Morgan fingerprint density at radius 2 is 2.38 bits per heavy atom. The maximum absolute atomic E-state index is 11.4. The van der Waals surface area contributed by atoms with Crippen molar-refractivity contribution in [3.8, 4) is 0 Å². The molecule has 0 fully saturated rings. The summed E-state index contributed by atoms with van der Waals surface area (Å²) in [5.41, 5.74) is 1.48. The van der Waals surface area contributed by atoms with Gasteiger partial charge in [-0.2, -0.15) is 0 Å². The lowest BCUT2D eigenvalue weighted by Crippen LogP contribution is -2.00. The molecular weight excluding hydrogens is 164 g/mol. The average molecular weight is 174 g/mol. The van der Waals surface area contributed by atoms with Crippen LogP contribution >= 0.6 is 0 Å². The molecule has 2 rings (SSSR count). The third-order valence-electron chi connectivity index (χ3n) is 2.02. The van der Waals surface area contributed by atoms with Crippen LogP contribution in [-0.4, -0.2) is 15.2 Å². The van der Waals surface area contributed by atoms with Gasteiger partial charge in [-0.25, -0.2) is 4.98 Å². The van der Waals surface area contributed by atoms with Gasteiger partial charge >= 0.3 is 0 Å². The van der Waals surface area contributed by atoms with Crippen LogP contribution in [0, 0.1) is 0 Å². The van der Waals surface area contributed by atoms with E-state index >= 15 is 0 Å². The number of imidazole rings is 1. The summed E-state index contributed by atoms with van der Waals surface area (Å²) in [6.45, 7) is 1.85. The maximum Gasteiger partial charge on any atom is 0.180 e. The number of ketones is 1. The van der Waals surface area contributed by atoms with Crippen molar-refractivity contribution in [1.82, 2.24) is 9.38 Å². The minimum Gasteiger partial charge on any atom is -0.297 e. The Kier molecular flexibility index (Phi) is 1.85. The van der Waals surface area contributed by atoms with Crippen LogP contribution in [0.25, 0.3) is 5.65 Å². The number of Topliss-reactive ketones (excluding diaryl/α,β-unsaturated/α-hetero) is 1. The fourth-order valence-corrected chi connectivity index (χ4v) is 1.32. The van der Waals surface area contributed by atoms with Crippen LogP contribution < -0.4 is 0 Å². The Morgan fingerprint density at radius 3 is 3.15 bits per heavy atom. The van der Waals surface area contributed by atoms with Crippen LogP contribution in [-0.2, 0) is 0 Å². The minimum atomic E-state index is 0.124. The van der Waals surface area contributed by atoms with E-state index < -0.39 is 0 Å². The van der Waals surface area contributed by atoms with Crippen LogP contribution in [0.3, 0.4) is 0 Å². The minimum absolute atomic E-state index is 0.124. The Labute approximate surface area is 76.0 Å². The molecule has 0 aromatic carbocycles. The van der Waals surface area contributed by atoms with E-state index in [1.807, 2.05) is 35.7 Å². The van der Waals surface area contributed by atoms with E-state index in [4.69, 9.17) is 0 Å². The molecular formula is C10H10N2O. The second kappa shape index (κ2) is 3.01. The summed E-state index contributed by atoms with van der Waals surface area (Å²) in [7, 11) is 0. The number of carbonyl (C=O) groups excluding carboxylic acids is 1. The zero-order valence-electron chi connectivity index (χ0n) is 7.40. The van der Waals surface area contributed by atoms with E-state index in [1.165, 1.54) is 0 Å². The van der Waals surface area contributed by atoms with Crippen molar-refractivity contribution >= 4 is 11.4 Å². The molecule has 0 aliphatic heterocycles. The molecule has 0 saturated carbocycles. The van der Waals surface area contributed by atoms with Gasteiger partial charge in [-0.05, 0) is 12.1 Å². The summed E-state index contributed by atoms with van der Waals surface area (Å²) in [4.78, 5) is 15.6. The van der Waals surface area contributed by atoms with E-state index in [1.54, 1.807) is 6.20 Å². The summed E-state index contributed by atoms with van der Waals surface area (Å²) in [5, 5.41) is 0. The smallest absolute Gasteiger partial charge is 0.180 e. The first-order valence-electron chi connectivity index (χ1n) is 4.28. The summed E-state index contributed by atoms with van der Waals surface area (Å²) < 4.78 is 1.81. The summed E-state index contributed by atoms with van der Waals surface area (Å²) in [6, 6.07) is 5.68. The molecule has 0 aliphatic carbocycles. The standard InChI is InChI=1S/C10H10N2O/c1-2-9(13)8-7-11-10-5-3-4-6-12(8)10/h3-7H,2H2,1H3. The Hall–Kier alpha value is -1.64. The molecule has 0 saturated heterocycles. The number of nitrogens with zero attached hydrogens (tertiary/aromatic N) is 2. The normalized spacial score (nSPS) is 10.5. The van der Waals surface area contributed by atoms with Gasteiger partial charge in [-0.1, -0.05) is 13.0 Å². The predicted molar refractivity (Wildman–Crippen MR) is 49.8 cm³/mol. The first-order chi connectivity index (χ1) is 6.33. The molecule has 0 aliphatic rings. The number of hydrogen-bond donors (Lipinski definition) is 0. The van der Waals surface area contributed by atoms with Crippen LogP contribution in [0.1, 0.15) is 23.8 Å². The highest BCUT2D eigenvalue weighted by Gasteiger charge is 2.08. The van der Waals surface area contributed by atoms with E-state index in [0.29, 0.717) is 12.1 Å². The summed E-state index contributed by atoms with van der Waals surface area (Å²) >= 11 is 0. The zero-order chi connectivity index (χ0) is 9.26. The lowest BCUT2D eigenvalue weighted by Gasteiger charge is -1.96. The molecule has 66 valence electrons. The molecule has 0 spiro atoms. The van der Waals surface area contributed by atoms with Crippen LogP contribution in [0.5, 0.6) is 0 Å². The van der Waals surface area contributed by atoms with Crippen molar-refractivity contribution in [3.05, 3.63) is 36.3 Å². The number of pyridine rings is 1. The lowest BCUT2D eigenvalue weighted by atomic mass is 10.2. The molecule has 0 radical (unpaired) electrons. The SMILES string of the molecule is CCC(=O)c1cnc2ccccn12. The third kappa shape index (κ3) is 1.22. The number of fused-ring (bicyclic) bond motifs is 1. The summed E-state index contributed by atoms with van der Waals surface area (Å²) in [5.74, 6) is 0.124. The van der Waals surface area contributed by atoms with E-state index in [-0.39, 0.29) is 5.78 Å². The van der Waals surface area contributed by atoms with E-state index in [2.05, 4.69) is 4.98 Å². The number of carbonyl (C=O) groups is 1. The molecule has 0 unspecified atom stereocenters. The predicted octanol–water partition coefficient (Wildman–Crippen LogP) is 1.93. The van der Waals surface area contributed by atoms with E-state index in [0.717, 1.165) is 5.65 Å². The van der Waals surface area contributed by atoms with Crippen LogP contribution in [0.15, 0.2) is 30.6 Å². The molecule has 2 aromatic heterocycles. The monoisotopic (exact) mass is 174 g/mol. The van der Waals surface area contributed by atoms with Gasteiger partial charge in [-0.3, -0.25) is 9.20 Å². The Balaban J connectivity index is 2.64. The molecule has 2 aromatic rings. The number of hydrogen-bond acceptors (Lipinski definition) is 2. The molecule has 2 heterocycles. The van der Waals surface area contributed by atoms with Gasteiger partial charge in [0.15, 0.2) is 5.78 Å². The second-order valence-electron chi connectivity index (χ2n) is 2.85. The van der Waals surface area contributed by atoms with Crippen LogP contribution in [0.4, 0.5) is 0 Å². The maximum atomic E-state index is 11.4. The highest BCUT2D eigenvalue weighted by Crippen LogP contribution is 2.07.